The topological polar surface area (TPSA) is 0 Å². The molecule has 0 nitrogen and oxygen atoms in total. The molecule has 0 aromatic carbocycles. The van der Waals surface area contributed by atoms with Crippen molar-refractivity contribution in [1.29, 1.82) is 0 Å². The Bertz CT molecular complexity index is 301. The molecule has 122 valence electrons. The fourth-order valence-corrected chi connectivity index (χ4v) is 16.9. The van der Waals surface area contributed by atoms with Gasteiger partial charge in [0.25, 0.3) is 0 Å². The van der Waals surface area contributed by atoms with E-state index in [0.29, 0.717) is 0 Å². The van der Waals surface area contributed by atoms with Gasteiger partial charge in [-0.1, -0.05) is 0 Å². The maximum atomic E-state index is 2.73. The third-order valence-corrected chi connectivity index (χ3v) is 18.6. The Hall–Kier alpha value is 0.0187. The first-order valence-electron chi connectivity index (χ1n) is 9.13. The fraction of sp³-hybridized carbons (Fsp3) is 0.700. The molecular formula is C20H38Sn. The van der Waals surface area contributed by atoms with Gasteiger partial charge in [0.05, 0.1) is 0 Å². The van der Waals surface area contributed by atoms with Crippen LogP contribution in [-0.2, 0) is 0 Å². The van der Waals surface area contributed by atoms with Crippen molar-refractivity contribution in [3.05, 3.63) is 34.0 Å². The zero-order valence-corrected chi connectivity index (χ0v) is 18.1. The van der Waals surface area contributed by atoms with Gasteiger partial charge < -0.3 is 0 Å². The molecular weight excluding hydrogens is 359 g/mol. The summed E-state index contributed by atoms with van der Waals surface area (Å²) in [6.45, 7) is 11.3. The van der Waals surface area contributed by atoms with Crippen molar-refractivity contribution in [3.8, 4) is 0 Å². The summed E-state index contributed by atoms with van der Waals surface area (Å²) in [7, 11) is 0. The summed E-state index contributed by atoms with van der Waals surface area (Å²) in [5, 5.41) is 0. The second-order valence-electron chi connectivity index (χ2n) is 6.42. The number of hydrogen-bond donors (Lipinski definition) is 0. The minimum atomic E-state index is -2.03. The van der Waals surface area contributed by atoms with E-state index >= 15 is 0 Å². The third-order valence-electron chi connectivity index (χ3n) is 4.46. The van der Waals surface area contributed by atoms with Crippen molar-refractivity contribution in [2.75, 3.05) is 0 Å². The molecule has 0 amide bonds. The average Bonchev–Trinajstić information content (AvgIpc) is 2.52. The zero-order chi connectivity index (χ0) is 16.0. The molecule has 0 radical (unpaired) electrons. The normalized spacial score (nSPS) is 13.7. The average molecular weight is 397 g/mol. The van der Waals surface area contributed by atoms with Gasteiger partial charge in [-0.2, -0.15) is 0 Å². The monoisotopic (exact) mass is 398 g/mol. The first kappa shape index (κ1) is 21.0. The molecule has 0 bridgehead atoms. The summed E-state index contributed by atoms with van der Waals surface area (Å²) >= 11 is -2.03. The Morgan fingerprint density at radius 2 is 1.29 bits per heavy atom. The van der Waals surface area contributed by atoms with Crippen LogP contribution in [0.15, 0.2) is 34.0 Å². The van der Waals surface area contributed by atoms with Gasteiger partial charge in [-0.15, -0.1) is 0 Å². The Morgan fingerprint density at radius 3 is 1.67 bits per heavy atom. The van der Waals surface area contributed by atoms with E-state index in [4.69, 9.17) is 0 Å². The van der Waals surface area contributed by atoms with Crippen LogP contribution in [-0.4, -0.2) is 18.4 Å². The molecule has 0 aliphatic carbocycles. The van der Waals surface area contributed by atoms with E-state index < -0.39 is 18.4 Å². The number of hydrogen-bond acceptors (Lipinski definition) is 0. The van der Waals surface area contributed by atoms with Crippen LogP contribution < -0.4 is 0 Å². The number of allylic oxidation sites excluding steroid dienone is 5. The van der Waals surface area contributed by atoms with Gasteiger partial charge in [-0.25, -0.2) is 0 Å². The quantitative estimate of drug-likeness (QED) is 0.237. The minimum absolute atomic E-state index is 1.36. The van der Waals surface area contributed by atoms with Crippen LogP contribution in [0.3, 0.4) is 0 Å². The summed E-state index contributed by atoms with van der Waals surface area (Å²) < 4.78 is 7.43. The van der Waals surface area contributed by atoms with E-state index in [1.54, 1.807) is 13.3 Å². The molecule has 0 saturated carbocycles. The van der Waals surface area contributed by atoms with Crippen molar-refractivity contribution in [2.45, 2.75) is 86.5 Å². The van der Waals surface area contributed by atoms with Gasteiger partial charge in [0.15, 0.2) is 0 Å². The first-order chi connectivity index (χ1) is 10.1. The van der Waals surface area contributed by atoms with Gasteiger partial charge in [0, 0.05) is 0 Å². The molecule has 0 saturated heterocycles. The molecule has 0 spiro atoms. The molecule has 0 fully saturated rings. The second kappa shape index (κ2) is 13.7. The van der Waals surface area contributed by atoms with Gasteiger partial charge >= 0.3 is 139 Å². The Labute approximate surface area is 138 Å². The van der Waals surface area contributed by atoms with E-state index in [1.165, 1.54) is 44.1 Å². The predicted molar refractivity (Wildman–Crippen MR) is 103 cm³/mol. The zero-order valence-electron chi connectivity index (χ0n) is 15.3. The Balaban J connectivity index is 4.92. The van der Waals surface area contributed by atoms with Crippen LogP contribution in [0.25, 0.3) is 0 Å². The van der Waals surface area contributed by atoms with Gasteiger partial charge in [0.1, 0.15) is 0 Å². The fourth-order valence-electron chi connectivity index (χ4n) is 2.77. The van der Waals surface area contributed by atoms with Gasteiger partial charge in [-0.05, 0) is 0 Å². The van der Waals surface area contributed by atoms with Crippen molar-refractivity contribution >= 4 is 18.4 Å². The number of unbranched alkanes of at least 4 members (excludes halogenated alkanes) is 3. The summed E-state index contributed by atoms with van der Waals surface area (Å²) in [6, 6.07) is 0. The van der Waals surface area contributed by atoms with Gasteiger partial charge in [0.2, 0.25) is 0 Å². The molecule has 0 atom stereocenters. The summed E-state index contributed by atoms with van der Waals surface area (Å²) in [4.78, 5) is 0. The number of rotatable bonds is 12. The summed E-state index contributed by atoms with van der Waals surface area (Å²) in [6.07, 6.45) is 17.5. The standard InChI is InChI=1S/C8H11.3C4H9.Sn/c1-4-6-7-8(3)5-2;3*1-3-4-2;/h1,4-7H,2-3H3;3*1,3-4H2,2H3;/b4-1?,7-6+,8-5+;;;;. The summed E-state index contributed by atoms with van der Waals surface area (Å²) in [5.41, 5.74) is 1.36. The Morgan fingerprint density at radius 1 is 0.810 bits per heavy atom. The second-order valence-corrected chi connectivity index (χ2v) is 19.4. The van der Waals surface area contributed by atoms with Crippen LogP contribution in [0.2, 0.25) is 13.3 Å². The van der Waals surface area contributed by atoms with Crippen LogP contribution in [0, 0.1) is 0 Å². The van der Waals surface area contributed by atoms with Crippen molar-refractivity contribution in [1.82, 2.24) is 0 Å². The molecule has 0 aromatic rings. The van der Waals surface area contributed by atoms with Crippen molar-refractivity contribution in [2.24, 2.45) is 0 Å². The molecule has 1 heteroatoms. The SMILES string of the molecule is C/C=C(C)/C=C/C=[CH]/[Sn]([CH2]CCC)([CH2]CCC)[CH2]CCC. The Kier molecular flexibility index (Phi) is 13.7. The molecule has 0 heterocycles. The first-order valence-corrected chi connectivity index (χ1v) is 16.8. The molecule has 0 aromatic heterocycles. The van der Waals surface area contributed by atoms with Crippen molar-refractivity contribution < 1.29 is 0 Å². The van der Waals surface area contributed by atoms with Crippen LogP contribution in [0.4, 0.5) is 0 Å². The summed E-state index contributed by atoms with van der Waals surface area (Å²) in [5.74, 6) is 0. The van der Waals surface area contributed by atoms with E-state index in [2.05, 4.69) is 63.0 Å². The van der Waals surface area contributed by atoms with E-state index in [0.717, 1.165) is 0 Å². The van der Waals surface area contributed by atoms with E-state index in [1.807, 2.05) is 0 Å². The maximum absolute atomic E-state index is 2.73. The molecule has 0 N–H and O–H groups in total. The van der Waals surface area contributed by atoms with Crippen LogP contribution in [0.1, 0.15) is 73.1 Å². The van der Waals surface area contributed by atoms with Crippen molar-refractivity contribution in [3.63, 3.8) is 0 Å². The third kappa shape index (κ3) is 10.4. The molecule has 0 aliphatic heterocycles. The molecule has 0 unspecified atom stereocenters. The van der Waals surface area contributed by atoms with Crippen LogP contribution in [0.5, 0.6) is 0 Å². The van der Waals surface area contributed by atoms with Crippen LogP contribution >= 0.6 is 0 Å². The predicted octanol–water partition coefficient (Wildman–Crippen LogP) is 7.45. The van der Waals surface area contributed by atoms with E-state index in [9.17, 15) is 0 Å². The van der Waals surface area contributed by atoms with Gasteiger partial charge in [-0.3, -0.25) is 0 Å². The molecule has 0 rings (SSSR count). The molecule has 0 aliphatic rings. The van der Waals surface area contributed by atoms with E-state index in [-0.39, 0.29) is 0 Å². The molecule has 21 heavy (non-hydrogen) atoms.